The molecule has 0 spiro atoms. The zero-order valence-corrected chi connectivity index (χ0v) is 11.4. The van der Waals surface area contributed by atoms with Crippen molar-refractivity contribution in [1.29, 1.82) is 0 Å². The van der Waals surface area contributed by atoms with E-state index in [9.17, 15) is 14.4 Å². The van der Waals surface area contributed by atoms with Gasteiger partial charge in [0.05, 0.1) is 18.0 Å². The smallest absolute Gasteiger partial charge is 0.426 e. The third-order valence-corrected chi connectivity index (χ3v) is 2.95. The van der Waals surface area contributed by atoms with Gasteiger partial charge in [0, 0.05) is 4.88 Å². The van der Waals surface area contributed by atoms with E-state index in [2.05, 4.69) is 15.5 Å². The van der Waals surface area contributed by atoms with Crippen molar-refractivity contribution in [3.05, 3.63) is 21.9 Å². The molecule has 0 aliphatic heterocycles. The van der Waals surface area contributed by atoms with Crippen LogP contribution < -0.4 is 16.2 Å². The number of rotatable bonds is 4. The Morgan fingerprint density at radius 3 is 2.58 bits per heavy atom. The lowest BCUT2D eigenvalue weighted by molar-refractivity contribution is -0.121. The lowest BCUT2D eigenvalue weighted by atomic mass is 10.4. The van der Waals surface area contributed by atoms with Crippen LogP contribution in [0.1, 0.15) is 21.5 Å². The molecule has 0 aliphatic rings. The first-order valence-corrected chi connectivity index (χ1v) is 6.40. The van der Waals surface area contributed by atoms with E-state index in [-0.39, 0.29) is 19.1 Å². The van der Waals surface area contributed by atoms with E-state index in [0.717, 1.165) is 4.88 Å². The van der Waals surface area contributed by atoms with Crippen molar-refractivity contribution < 1.29 is 19.1 Å². The van der Waals surface area contributed by atoms with Gasteiger partial charge in [0.1, 0.15) is 0 Å². The Hall–Kier alpha value is -2.09. The summed E-state index contributed by atoms with van der Waals surface area (Å²) in [6.45, 7) is 3.50. The summed E-state index contributed by atoms with van der Waals surface area (Å²) in [5, 5.41) is 2.44. The maximum absolute atomic E-state index is 11.6. The number of carbonyl (C=O) groups is 3. The minimum absolute atomic E-state index is 0.205. The van der Waals surface area contributed by atoms with Gasteiger partial charge < -0.3 is 10.1 Å². The zero-order chi connectivity index (χ0) is 14.3. The molecule has 1 rings (SSSR count). The summed E-state index contributed by atoms with van der Waals surface area (Å²) in [7, 11) is 0. The maximum Gasteiger partial charge on any atom is 0.426 e. The van der Waals surface area contributed by atoms with Crippen molar-refractivity contribution in [2.75, 3.05) is 13.2 Å². The second-order valence-corrected chi connectivity index (χ2v) is 4.77. The van der Waals surface area contributed by atoms with Gasteiger partial charge in [-0.15, -0.1) is 11.3 Å². The summed E-state index contributed by atoms with van der Waals surface area (Å²) in [6.07, 6.45) is -0.754. The number of ether oxygens (including phenoxy) is 1. The van der Waals surface area contributed by atoms with Crippen molar-refractivity contribution in [3.8, 4) is 0 Å². The largest absolute Gasteiger partial charge is 0.449 e. The fraction of sp³-hybridized carbons (Fsp3) is 0.364. The number of hydrogen-bond donors (Lipinski definition) is 3. The van der Waals surface area contributed by atoms with Crippen LogP contribution in [-0.2, 0) is 9.53 Å². The van der Waals surface area contributed by atoms with Crippen LogP contribution in [0.15, 0.2) is 12.1 Å². The highest BCUT2D eigenvalue weighted by atomic mass is 32.1. The average molecular weight is 285 g/mol. The standard InChI is InChI=1S/C11H15N3O4S/c1-3-18-11(17)14-13-9(15)6-12-10(16)8-5-4-7(2)19-8/h4-5H,3,6H2,1-2H3,(H,12,16)(H,13,15)(H,14,17). The maximum atomic E-state index is 11.6. The first-order chi connectivity index (χ1) is 9.02. The summed E-state index contributed by atoms with van der Waals surface area (Å²) >= 11 is 1.34. The first-order valence-electron chi connectivity index (χ1n) is 5.59. The molecule has 7 nitrogen and oxygen atoms in total. The van der Waals surface area contributed by atoms with Gasteiger partial charge in [0.25, 0.3) is 11.8 Å². The molecule has 0 saturated carbocycles. The highest BCUT2D eigenvalue weighted by Gasteiger charge is 2.10. The van der Waals surface area contributed by atoms with Crippen molar-refractivity contribution in [3.63, 3.8) is 0 Å². The highest BCUT2D eigenvalue weighted by Crippen LogP contribution is 2.14. The van der Waals surface area contributed by atoms with Gasteiger partial charge >= 0.3 is 6.09 Å². The highest BCUT2D eigenvalue weighted by molar-refractivity contribution is 7.13. The minimum atomic E-state index is -0.754. The Kier molecular flexibility index (Phi) is 5.80. The van der Waals surface area contributed by atoms with Gasteiger partial charge in [0.2, 0.25) is 0 Å². The number of aryl methyl sites for hydroxylation is 1. The SMILES string of the molecule is CCOC(=O)NNC(=O)CNC(=O)c1ccc(C)s1. The van der Waals surface area contributed by atoms with Gasteiger partial charge in [-0.05, 0) is 26.0 Å². The van der Waals surface area contributed by atoms with Gasteiger partial charge in [-0.25, -0.2) is 10.2 Å². The molecule has 0 aromatic carbocycles. The number of thiophene rings is 1. The summed E-state index contributed by atoms with van der Waals surface area (Å²) in [6, 6.07) is 3.51. The van der Waals surface area contributed by atoms with Crippen molar-refractivity contribution in [2.45, 2.75) is 13.8 Å². The van der Waals surface area contributed by atoms with Crippen LogP contribution in [0, 0.1) is 6.92 Å². The molecule has 3 amide bonds. The molecule has 8 heteroatoms. The van der Waals surface area contributed by atoms with Crippen molar-refractivity contribution in [2.24, 2.45) is 0 Å². The number of hydrazine groups is 1. The zero-order valence-electron chi connectivity index (χ0n) is 10.6. The normalized spacial score (nSPS) is 9.58. The predicted molar refractivity (Wildman–Crippen MR) is 69.7 cm³/mol. The van der Waals surface area contributed by atoms with Crippen LogP contribution in [0.2, 0.25) is 0 Å². The summed E-state index contributed by atoms with van der Waals surface area (Å²) in [4.78, 5) is 35.3. The summed E-state index contributed by atoms with van der Waals surface area (Å²) in [5.74, 6) is -0.876. The van der Waals surface area contributed by atoms with E-state index >= 15 is 0 Å². The summed E-state index contributed by atoms with van der Waals surface area (Å²) < 4.78 is 4.54. The number of nitrogens with one attached hydrogen (secondary N) is 3. The second kappa shape index (κ2) is 7.37. The van der Waals surface area contributed by atoms with E-state index < -0.39 is 12.0 Å². The fourth-order valence-electron chi connectivity index (χ4n) is 1.14. The molecule has 104 valence electrons. The molecule has 1 aromatic heterocycles. The van der Waals surface area contributed by atoms with E-state index in [1.165, 1.54) is 11.3 Å². The Bertz CT molecular complexity index is 472. The third-order valence-electron chi connectivity index (χ3n) is 1.95. The Morgan fingerprint density at radius 1 is 1.26 bits per heavy atom. The van der Waals surface area contributed by atoms with E-state index in [0.29, 0.717) is 4.88 Å². The second-order valence-electron chi connectivity index (χ2n) is 3.49. The fourth-order valence-corrected chi connectivity index (χ4v) is 1.92. The monoisotopic (exact) mass is 285 g/mol. The molecule has 0 bridgehead atoms. The van der Waals surface area contributed by atoms with E-state index in [1.807, 2.05) is 18.4 Å². The molecule has 0 unspecified atom stereocenters. The molecule has 0 saturated heterocycles. The Morgan fingerprint density at radius 2 is 2.00 bits per heavy atom. The Labute approximate surface area is 114 Å². The minimum Gasteiger partial charge on any atom is -0.449 e. The van der Waals surface area contributed by atoms with Crippen LogP contribution in [0.4, 0.5) is 4.79 Å². The van der Waals surface area contributed by atoms with E-state index in [1.54, 1.807) is 13.0 Å². The van der Waals surface area contributed by atoms with Crippen LogP contribution >= 0.6 is 11.3 Å². The lowest BCUT2D eigenvalue weighted by Crippen LogP contribution is -2.46. The van der Waals surface area contributed by atoms with Gasteiger partial charge in [-0.3, -0.25) is 15.0 Å². The average Bonchev–Trinajstić information content (AvgIpc) is 2.80. The van der Waals surface area contributed by atoms with Crippen LogP contribution in [0.3, 0.4) is 0 Å². The first kappa shape index (κ1) is 15.0. The Balaban J connectivity index is 2.26. The van der Waals surface area contributed by atoms with Crippen molar-refractivity contribution >= 4 is 29.2 Å². The predicted octanol–water partition coefficient (Wildman–Crippen LogP) is 0.564. The van der Waals surface area contributed by atoms with Gasteiger partial charge in [-0.1, -0.05) is 0 Å². The number of carbonyl (C=O) groups excluding carboxylic acids is 3. The van der Waals surface area contributed by atoms with E-state index in [4.69, 9.17) is 0 Å². The number of amides is 3. The molecule has 0 atom stereocenters. The quantitative estimate of drug-likeness (QED) is 0.704. The molecule has 0 aliphatic carbocycles. The van der Waals surface area contributed by atoms with Crippen molar-refractivity contribution in [1.82, 2.24) is 16.2 Å². The molecule has 1 aromatic rings. The number of hydrogen-bond acceptors (Lipinski definition) is 5. The molecular weight excluding hydrogens is 270 g/mol. The lowest BCUT2D eigenvalue weighted by Gasteiger charge is -2.07. The molecule has 1 heterocycles. The summed E-state index contributed by atoms with van der Waals surface area (Å²) in [5.41, 5.74) is 4.15. The molecule has 3 N–H and O–H groups in total. The topological polar surface area (TPSA) is 96.5 Å². The van der Waals surface area contributed by atoms with Crippen LogP contribution in [0.25, 0.3) is 0 Å². The van der Waals surface area contributed by atoms with Gasteiger partial charge in [0.15, 0.2) is 0 Å². The third kappa shape index (κ3) is 5.38. The molecule has 0 fully saturated rings. The van der Waals surface area contributed by atoms with Crippen LogP contribution in [0.5, 0.6) is 0 Å². The molecule has 0 radical (unpaired) electrons. The molecular formula is C11H15N3O4S. The van der Waals surface area contributed by atoms with Gasteiger partial charge in [-0.2, -0.15) is 0 Å². The van der Waals surface area contributed by atoms with Crippen LogP contribution in [-0.4, -0.2) is 31.1 Å². The molecule has 19 heavy (non-hydrogen) atoms.